The van der Waals surface area contributed by atoms with Crippen LogP contribution in [0.3, 0.4) is 0 Å². The Bertz CT molecular complexity index is 1260. The number of carbonyl (C=O) groups is 1. The Kier molecular flexibility index (Phi) is 59.6. The fraction of sp³-hybridized carbons (Fsp3) is 0.988. The van der Waals surface area contributed by atoms with Gasteiger partial charge in [-0.2, -0.15) is 0 Å². The van der Waals surface area contributed by atoms with E-state index in [-0.39, 0.29) is 0 Å². The van der Waals surface area contributed by atoms with Gasteiger partial charge in [0.1, 0.15) is 0 Å². The van der Waals surface area contributed by atoms with Gasteiger partial charge in [0, 0.05) is 0 Å². The minimum Gasteiger partial charge on any atom is -0.481 e. The van der Waals surface area contributed by atoms with Gasteiger partial charge < -0.3 is 10.2 Å². The van der Waals surface area contributed by atoms with Crippen molar-refractivity contribution in [3.8, 4) is 0 Å². The largest absolute Gasteiger partial charge is 0.481 e. The molecule has 0 amide bonds. The molecule has 0 spiro atoms. The number of carboxylic acid groups (broad SMARTS) is 1. The van der Waals surface area contributed by atoms with Gasteiger partial charge in [0.15, 0.2) is 0 Å². The minimum absolute atomic E-state index is 0.581. The SMILES string of the molecule is CCCCCCCCCCCCCCCCCCCCCCCC[C@@H](C(=O)O)[C@H](O)CCCCCCCCCCCCCCCCCC1CC1CCCCCCCCCCC1CC1CCCCCCCCCCCCCCCCCCCC. The number of hydrogen-bond acceptors (Lipinski definition) is 2. The van der Waals surface area contributed by atoms with E-state index in [1.165, 1.54) is 392 Å². The summed E-state index contributed by atoms with van der Waals surface area (Å²) in [4.78, 5) is 12.0. The quantitative estimate of drug-likeness (QED) is 0.0597. The topological polar surface area (TPSA) is 57.5 Å². The van der Waals surface area contributed by atoms with E-state index in [1.807, 2.05) is 0 Å². The summed E-state index contributed by atoms with van der Waals surface area (Å²) in [6.07, 6.45) is 99.0. The van der Waals surface area contributed by atoms with Gasteiger partial charge in [0.05, 0.1) is 12.0 Å². The molecule has 0 aromatic carbocycles. The maximum Gasteiger partial charge on any atom is 0.309 e. The summed E-state index contributed by atoms with van der Waals surface area (Å²) in [6.45, 7) is 4.61. The molecular weight excluding hydrogens is 1010 g/mol. The van der Waals surface area contributed by atoms with Crippen LogP contribution >= 0.6 is 0 Å². The first-order valence-electron chi connectivity index (χ1n) is 40.0. The summed E-state index contributed by atoms with van der Waals surface area (Å²) in [5, 5.41) is 20.6. The van der Waals surface area contributed by atoms with E-state index in [0.29, 0.717) is 12.8 Å². The molecule has 2 aliphatic rings. The average Bonchev–Trinajstić information content (AvgIpc) is 4.56. The minimum atomic E-state index is -0.796. The molecule has 0 saturated heterocycles. The lowest BCUT2D eigenvalue weighted by atomic mass is 9.91. The van der Waals surface area contributed by atoms with E-state index in [4.69, 9.17) is 0 Å². The third kappa shape index (κ3) is 55.2. The van der Waals surface area contributed by atoms with Crippen LogP contribution in [-0.2, 0) is 4.79 Å². The number of aliphatic hydroxyl groups is 1. The molecule has 494 valence electrons. The van der Waals surface area contributed by atoms with Crippen LogP contribution in [0.5, 0.6) is 0 Å². The van der Waals surface area contributed by atoms with Gasteiger partial charge in [-0.25, -0.2) is 0 Å². The van der Waals surface area contributed by atoms with Crippen molar-refractivity contribution >= 4 is 5.97 Å². The van der Waals surface area contributed by atoms with Crippen molar-refractivity contribution < 1.29 is 15.0 Å². The molecule has 2 rings (SSSR count). The molecule has 2 saturated carbocycles. The number of unbranched alkanes of at least 4 members (excludes halogenated alkanes) is 59. The first-order chi connectivity index (χ1) is 41.1. The molecule has 3 nitrogen and oxygen atoms in total. The van der Waals surface area contributed by atoms with Crippen LogP contribution in [0, 0.1) is 29.6 Å². The van der Waals surface area contributed by atoms with Gasteiger partial charge in [0.2, 0.25) is 0 Å². The van der Waals surface area contributed by atoms with Gasteiger partial charge in [-0.1, -0.05) is 444 Å². The summed E-state index contributed by atoms with van der Waals surface area (Å²) in [5.41, 5.74) is 0. The fourth-order valence-corrected chi connectivity index (χ4v) is 14.9. The van der Waals surface area contributed by atoms with Crippen LogP contribution in [0.15, 0.2) is 0 Å². The van der Waals surface area contributed by atoms with Crippen molar-refractivity contribution in [3.05, 3.63) is 0 Å². The zero-order valence-corrected chi connectivity index (χ0v) is 57.5. The smallest absolute Gasteiger partial charge is 0.309 e. The highest BCUT2D eigenvalue weighted by molar-refractivity contribution is 5.70. The first-order valence-corrected chi connectivity index (χ1v) is 40.0. The summed E-state index contributed by atoms with van der Waals surface area (Å²) < 4.78 is 0. The van der Waals surface area contributed by atoms with E-state index in [2.05, 4.69) is 13.8 Å². The summed E-state index contributed by atoms with van der Waals surface area (Å²) in [7, 11) is 0. The van der Waals surface area contributed by atoms with Crippen molar-refractivity contribution in [1.82, 2.24) is 0 Å². The highest BCUT2D eigenvalue weighted by Gasteiger charge is 2.36. The normalized spacial score (nSPS) is 17.4. The predicted molar refractivity (Wildman–Crippen MR) is 370 cm³/mol. The predicted octanol–water partition coefficient (Wildman–Crippen LogP) is 28.3. The zero-order chi connectivity index (χ0) is 59.2. The highest BCUT2D eigenvalue weighted by atomic mass is 16.4. The molecule has 6 atom stereocenters. The lowest BCUT2D eigenvalue weighted by Crippen LogP contribution is -2.28. The summed E-state index contributed by atoms with van der Waals surface area (Å²) in [6, 6.07) is 0. The third-order valence-electron chi connectivity index (χ3n) is 21.2. The fourth-order valence-electron chi connectivity index (χ4n) is 14.9. The zero-order valence-electron chi connectivity index (χ0n) is 57.5. The van der Waals surface area contributed by atoms with E-state index in [0.717, 1.165) is 49.4 Å². The van der Waals surface area contributed by atoms with E-state index in [9.17, 15) is 15.0 Å². The second kappa shape index (κ2) is 63.0. The number of hydrogen-bond donors (Lipinski definition) is 2. The Balaban J connectivity index is 1.19. The molecule has 0 heterocycles. The van der Waals surface area contributed by atoms with E-state index >= 15 is 0 Å². The molecule has 83 heavy (non-hydrogen) atoms. The monoisotopic (exact) mass is 1170 g/mol. The van der Waals surface area contributed by atoms with Gasteiger partial charge in [-0.15, -0.1) is 0 Å². The lowest BCUT2D eigenvalue weighted by molar-refractivity contribution is -0.146. The van der Waals surface area contributed by atoms with Crippen LogP contribution in [0.1, 0.15) is 470 Å². The van der Waals surface area contributed by atoms with Crippen LogP contribution in [-0.4, -0.2) is 22.3 Å². The van der Waals surface area contributed by atoms with Crippen LogP contribution in [0.25, 0.3) is 0 Å². The summed E-state index contributed by atoms with van der Waals surface area (Å²) >= 11 is 0. The Morgan fingerprint density at radius 2 is 0.410 bits per heavy atom. The molecule has 2 N–H and O–H groups in total. The standard InChI is InChI=1S/C80H156O3/c1-3-5-7-9-11-13-15-17-19-21-23-24-25-26-28-32-36-40-44-52-58-64-70-78(80(82)83)79(81)71-65-59-53-45-41-37-33-29-31-35-39-43-49-55-61-67-75-73-77(75)69-63-57-51-47-46-50-56-62-68-76-72-74(76)66-60-54-48-42-38-34-30-27-22-20-18-16-14-12-10-8-6-4-2/h74-79,81H,3-73H2,1-2H3,(H,82,83)/t74?,75?,76?,77?,78-,79-/m1/s1. The van der Waals surface area contributed by atoms with Crippen molar-refractivity contribution in [1.29, 1.82) is 0 Å². The van der Waals surface area contributed by atoms with Gasteiger partial charge >= 0.3 is 5.97 Å². The van der Waals surface area contributed by atoms with E-state index < -0.39 is 18.0 Å². The van der Waals surface area contributed by atoms with Crippen molar-refractivity contribution in [2.75, 3.05) is 0 Å². The number of aliphatic hydroxyl groups excluding tert-OH is 1. The Labute approximate surface area is 523 Å². The highest BCUT2D eigenvalue weighted by Crippen LogP contribution is 2.47. The van der Waals surface area contributed by atoms with Crippen molar-refractivity contribution in [2.45, 2.75) is 476 Å². The van der Waals surface area contributed by atoms with Crippen molar-refractivity contribution in [2.24, 2.45) is 29.6 Å². The van der Waals surface area contributed by atoms with E-state index in [1.54, 1.807) is 25.7 Å². The Morgan fingerprint density at radius 1 is 0.253 bits per heavy atom. The second-order valence-corrected chi connectivity index (χ2v) is 29.3. The Hall–Kier alpha value is -0.570. The Morgan fingerprint density at radius 3 is 0.590 bits per heavy atom. The first kappa shape index (κ1) is 78.5. The number of carboxylic acids is 1. The second-order valence-electron chi connectivity index (χ2n) is 29.3. The summed E-state index contributed by atoms with van der Waals surface area (Å²) in [5.74, 6) is 3.05. The average molecular weight is 1170 g/mol. The van der Waals surface area contributed by atoms with Gasteiger partial charge in [-0.3, -0.25) is 4.79 Å². The van der Waals surface area contributed by atoms with Crippen molar-refractivity contribution in [3.63, 3.8) is 0 Å². The maximum atomic E-state index is 12.0. The lowest BCUT2D eigenvalue weighted by Gasteiger charge is -2.19. The molecule has 0 aromatic rings. The van der Waals surface area contributed by atoms with Crippen LogP contribution in [0.4, 0.5) is 0 Å². The molecule has 3 heteroatoms. The molecule has 0 aromatic heterocycles. The number of aliphatic carboxylic acids is 1. The molecular formula is C80H156O3. The van der Waals surface area contributed by atoms with Gasteiger partial charge in [0.25, 0.3) is 0 Å². The molecule has 0 aliphatic heterocycles. The van der Waals surface area contributed by atoms with Crippen LogP contribution in [0.2, 0.25) is 0 Å². The molecule has 2 aliphatic carbocycles. The third-order valence-corrected chi connectivity index (χ3v) is 21.2. The molecule has 2 fully saturated rings. The van der Waals surface area contributed by atoms with Crippen LogP contribution < -0.4 is 0 Å². The maximum absolute atomic E-state index is 12.0. The molecule has 0 radical (unpaired) electrons. The van der Waals surface area contributed by atoms with Gasteiger partial charge in [-0.05, 0) is 49.4 Å². The molecule has 4 unspecified atom stereocenters. The number of rotatable bonds is 73. The molecule has 0 bridgehead atoms.